The van der Waals surface area contributed by atoms with Gasteiger partial charge >= 0.3 is 0 Å². The van der Waals surface area contributed by atoms with Crippen molar-refractivity contribution >= 4 is 11.6 Å². The van der Waals surface area contributed by atoms with Crippen LogP contribution in [0.2, 0.25) is 0 Å². The number of carbonyl (C=O) groups is 1. The van der Waals surface area contributed by atoms with E-state index in [4.69, 9.17) is 9.15 Å². The Labute approximate surface area is 135 Å². The molecule has 1 fully saturated rings. The van der Waals surface area contributed by atoms with Gasteiger partial charge in [0.1, 0.15) is 12.0 Å². The third-order valence-electron chi connectivity index (χ3n) is 4.15. The van der Waals surface area contributed by atoms with Gasteiger partial charge in [-0.1, -0.05) is 0 Å². The van der Waals surface area contributed by atoms with Crippen LogP contribution < -0.4 is 9.64 Å². The molecule has 0 atom stereocenters. The molecular weight excluding hydrogens is 294 g/mol. The number of rotatable bonds is 5. The van der Waals surface area contributed by atoms with Crippen molar-refractivity contribution < 1.29 is 13.9 Å². The Morgan fingerprint density at radius 2 is 1.96 bits per heavy atom. The van der Waals surface area contributed by atoms with Gasteiger partial charge in [-0.15, -0.1) is 0 Å². The fraction of sp³-hybridized carbons (Fsp3) is 0.412. The summed E-state index contributed by atoms with van der Waals surface area (Å²) in [7, 11) is 1.67. The molecule has 0 unspecified atom stereocenters. The van der Waals surface area contributed by atoms with Crippen LogP contribution in [0.4, 0.5) is 5.69 Å². The molecular formula is C17H21N3O3. The van der Waals surface area contributed by atoms with Crippen LogP contribution in [0.1, 0.15) is 12.1 Å². The Balaban J connectivity index is 1.48. The number of anilines is 1. The quantitative estimate of drug-likeness (QED) is 0.844. The SMILES string of the molecule is COc1ccc(N2CCN(C(=O)CCc3cocn3)CC2)cc1. The predicted octanol–water partition coefficient (Wildman–Crippen LogP) is 1.96. The Morgan fingerprint density at radius 3 is 2.57 bits per heavy atom. The van der Waals surface area contributed by atoms with Gasteiger partial charge < -0.3 is 19.0 Å². The Kier molecular flexibility index (Phi) is 4.80. The van der Waals surface area contributed by atoms with Crippen LogP contribution in [0.5, 0.6) is 5.75 Å². The second-order valence-corrected chi connectivity index (χ2v) is 5.55. The number of hydrogen-bond acceptors (Lipinski definition) is 5. The number of aryl methyl sites for hydroxylation is 1. The first kappa shape index (κ1) is 15.4. The summed E-state index contributed by atoms with van der Waals surface area (Å²) < 4.78 is 10.1. The summed E-state index contributed by atoms with van der Waals surface area (Å²) in [6.45, 7) is 3.21. The normalized spacial score (nSPS) is 14.8. The molecule has 6 nitrogen and oxygen atoms in total. The van der Waals surface area contributed by atoms with E-state index in [1.54, 1.807) is 13.4 Å². The Morgan fingerprint density at radius 1 is 1.22 bits per heavy atom. The summed E-state index contributed by atoms with van der Waals surface area (Å²) in [5.74, 6) is 1.04. The van der Waals surface area contributed by atoms with Crippen LogP contribution in [-0.4, -0.2) is 49.1 Å². The lowest BCUT2D eigenvalue weighted by Gasteiger charge is -2.36. The molecule has 1 aromatic carbocycles. The maximum absolute atomic E-state index is 12.3. The predicted molar refractivity (Wildman–Crippen MR) is 86.6 cm³/mol. The van der Waals surface area contributed by atoms with Crippen LogP contribution in [0.15, 0.2) is 41.3 Å². The molecule has 0 saturated carbocycles. The van der Waals surface area contributed by atoms with E-state index in [9.17, 15) is 4.79 Å². The minimum atomic E-state index is 0.183. The molecule has 1 amide bonds. The van der Waals surface area contributed by atoms with E-state index in [0.29, 0.717) is 12.8 Å². The molecule has 1 aliphatic rings. The monoisotopic (exact) mass is 315 g/mol. The van der Waals surface area contributed by atoms with Crippen molar-refractivity contribution in [3.63, 3.8) is 0 Å². The molecule has 1 aliphatic heterocycles. The number of ether oxygens (including phenoxy) is 1. The summed E-state index contributed by atoms with van der Waals surface area (Å²) >= 11 is 0. The highest BCUT2D eigenvalue weighted by Crippen LogP contribution is 2.20. The van der Waals surface area contributed by atoms with E-state index in [0.717, 1.165) is 37.6 Å². The van der Waals surface area contributed by atoms with Gasteiger partial charge in [-0.05, 0) is 24.3 Å². The molecule has 0 N–H and O–H groups in total. The first-order chi connectivity index (χ1) is 11.3. The fourth-order valence-corrected chi connectivity index (χ4v) is 2.76. The first-order valence-electron chi connectivity index (χ1n) is 7.80. The van der Waals surface area contributed by atoms with Crippen LogP contribution >= 0.6 is 0 Å². The van der Waals surface area contributed by atoms with Crippen LogP contribution in [0.25, 0.3) is 0 Å². The number of amides is 1. The van der Waals surface area contributed by atoms with Gasteiger partial charge in [0.25, 0.3) is 0 Å². The molecule has 23 heavy (non-hydrogen) atoms. The zero-order valence-corrected chi connectivity index (χ0v) is 13.3. The molecule has 1 saturated heterocycles. The maximum atomic E-state index is 12.3. The topological polar surface area (TPSA) is 58.8 Å². The number of aromatic nitrogens is 1. The lowest BCUT2D eigenvalue weighted by molar-refractivity contribution is -0.131. The highest BCUT2D eigenvalue weighted by molar-refractivity contribution is 5.76. The number of carbonyl (C=O) groups excluding carboxylic acids is 1. The van der Waals surface area contributed by atoms with Crippen LogP contribution in [0.3, 0.4) is 0 Å². The van der Waals surface area contributed by atoms with Gasteiger partial charge in [-0.2, -0.15) is 0 Å². The summed E-state index contributed by atoms with van der Waals surface area (Å²) in [5.41, 5.74) is 2.00. The molecule has 1 aromatic heterocycles. The van der Waals surface area contributed by atoms with Crippen molar-refractivity contribution in [1.82, 2.24) is 9.88 Å². The average molecular weight is 315 g/mol. The molecule has 0 bridgehead atoms. The standard InChI is InChI=1S/C17H21N3O3/c1-22-16-5-3-15(4-6-16)19-8-10-20(11-9-19)17(21)7-2-14-12-23-13-18-14/h3-6,12-13H,2,7-11H2,1H3. The smallest absolute Gasteiger partial charge is 0.223 e. The molecule has 3 rings (SSSR count). The maximum Gasteiger partial charge on any atom is 0.223 e. The zero-order valence-electron chi connectivity index (χ0n) is 13.3. The van der Waals surface area contributed by atoms with Gasteiger partial charge in [0.05, 0.1) is 12.8 Å². The second-order valence-electron chi connectivity index (χ2n) is 5.55. The van der Waals surface area contributed by atoms with E-state index in [-0.39, 0.29) is 5.91 Å². The van der Waals surface area contributed by atoms with E-state index in [1.807, 2.05) is 17.0 Å². The lowest BCUT2D eigenvalue weighted by Crippen LogP contribution is -2.48. The molecule has 2 aromatic rings. The minimum Gasteiger partial charge on any atom is -0.497 e. The number of hydrogen-bond donors (Lipinski definition) is 0. The fourth-order valence-electron chi connectivity index (χ4n) is 2.76. The van der Waals surface area contributed by atoms with Gasteiger partial charge in [0.2, 0.25) is 5.91 Å². The third-order valence-corrected chi connectivity index (χ3v) is 4.15. The summed E-state index contributed by atoms with van der Waals surface area (Å²) in [5, 5.41) is 0. The summed E-state index contributed by atoms with van der Waals surface area (Å²) in [6.07, 6.45) is 4.10. The zero-order chi connectivity index (χ0) is 16.1. The largest absolute Gasteiger partial charge is 0.497 e. The highest BCUT2D eigenvalue weighted by Gasteiger charge is 2.21. The lowest BCUT2D eigenvalue weighted by atomic mass is 10.2. The van der Waals surface area contributed by atoms with Gasteiger partial charge in [0, 0.05) is 44.7 Å². The Hall–Kier alpha value is -2.50. The molecule has 2 heterocycles. The van der Waals surface area contributed by atoms with Crippen molar-refractivity contribution in [3.05, 3.63) is 42.6 Å². The van der Waals surface area contributed by atoms with Crippen molar-refractivity contribution in [1.29, 1.82) is 0 Å². The summed E-state index contributed by atoms with van der Waals surface area (Å²) in [6, 6.07) is 8.04. The van der Waals surface area contributed by atoms with E-state index in [2.05, 4.69) is 22.0 Å². The second kappa shape index (κ2) is 7.17. The average Bonchev–Trinajstić information content (AvgIpc) is 3.13. The summed E-state index contributed by atoms with van der Waals surface area (Å²) in [4.78, 5) is 20.5. The van der Waals surface area contributed by atoms with Gasteiger partial charge in [-0.3, -0.25) is 4.79 Å². The van der Waals surface area contributed by atoms with E-state index < -0.39 is 0 Å². The first-order valence-corrected chi connectivity index (χ1v) is 7.80. The number of piperazine rings is 1. The highest BCUT2D eigenvalue weighted by atomic mass is 16.5. The number of benzene rings is 1. The van der Waals surface area contributed by atoms with Crippen LogP contribution in [-0.2, 0) is 11.2 Å². The number of methoxy groups -OCH3 is 1. The van der Waals surface area contributed by atoms with Crippen LogP contribution in [0, 0.1) is 0 Å². The van der Waals surface area contributed by atoms with Crippen molar-refractivity contribution in [2.24, 2.45) is 0 Å². The Bertz CT molecular complexity index is 617. The molecule has 0 radical (unpaired) electrons. The van der Waals surface area contributed by atoms with Gasteiger partial charge in [-0.25, -0.2) is 4.98 Å². The third kappa shape index (κ3) is 3.83. The van der Waals surface area contributed by atoms with E-state index in [1.165, 1.54) is 12.1 Å². The number of oxazole rings is 1. The molecule has 6 heteroatoms. The number of nitrogens with zero attached hydrogens (tertiary/aromatic N) is 3. The minimum absolute atomic E-state index is 0.183. The van der Waals surface area contributed by atoms with Crippen molar-refractivity contribution in [2.75, 3.05) is 38.2 Å². The van der Waals surface area contributed by atoms with Gasteiger partial charge in [0.15, 0.2) is 6.39 Å². The molecule has 0 aliphatic carbocycles. The molecule has 122 valence electrons. The van der Waals surface area contributed by atoms with Crippen molar-refractivity contribution in [2.45, 2.75) is 12.8 Å². The molecule has 0 spiro atoms. The van der Waals surface area contributed by atoms with E-state index >= 15 is 0 Å². The van der Waals surface area contributed by atoms with Crippen molar-refractivity contribution in [3.8, 4) is 5.75 Å².